The maximum absolute atomic E-state index is 14.0. The lowest BCUT2D eigenvalue weighted by atomic mass is 9.90. The highest BCUT2D eigenvalue weighted by atomic mass is 19.1. The molecule has 1 spiro atoms. The molecule has 1 aromatic carbocycles. The van der Waals surface area contributed by atoms with Crippen molar-refractivity contribution in [1.29, 1.82) is 0 Å². The highest BCUT2D eigenvalue weighted by molar-refractivity contribution is 5.96. The Bertz CT molecular complexity index is 702. The van der Waals surface area contributed by atoms with Crippen LogP contribution in [0, 0.1) is 12.7 Å². The minimum atomic E-state index is -0.593. The predicted octanol–water partition coefficient (Wildman–Crippen LogP) is 2.60. The number of ether oxygens (including phenoxy) is 2. The van der Waals surface area contributed by atoms with Gasteiger partial charge in [0.15, 0.2) is 0 Å². The molecule has 0 unspecified atom stereocenters. The molecule has 2 fully saturated rings. The van der Waals surface area contributed by atoms with Crippen LogP contribution in [0.5, 0.6) is 0 Å². The molecule has 0 atom stereocenters. The quantitative estimate of drug-likeness (QED) is 0.769. The molecule has 2 aliphatic heterocycles. The van der Waals surface area contributed by atoms with Gasteiger partial charge in [-0.15, -0.1) is 0 Å². The van der Waals surface area contributed by atoms with Gasteiger partial charge in [-0.1, -0.05) is 12.1 Å². The van der Waals surface area contributed by atoms with Gasteiger partial charge in [0.25, 0.3) is 5.91 Å². The molecule has 2 amide bonds. The predicted molar refractivity (Wildman–Crippen MR) is 93.5 cm³/mol. The maximum atomic E-state index is 14.0. The first-order chi connectivity index (χ1) is 12.1. The summed E-state index contributed by atoms with van der Waals surface area (Å²) in [5.74, 6) is -0.861. The highest BCUT2D eigenvalue weighted by Crippen LogP contribution is 2.32. The molecule has 2 saturated heterocycles. The van der Waals surface area contributed by atoms with E-state index >= 15 is 0 Å². The first kappa shape index (κ1) is 18.6. The lowest BCUT2D eigenvalue weighted by Gasteiger charge is -2.53. The standard InChI is InChI=1S/C19H25FN2O4/c1-13-6-5-7-14(20)15(13)16(23)22-11-19(12-22)10-21(8-9-25-19)17(24)26-18(2,3)4/h5-7H,8-12H2,1-4H3. The zero-order valence-electron chi connectivity index (χ0n) is 15.7. The molecule has 2 aliphatic rings. The van der Waals surface area contributed by atoms with Gasteiger partial charge in [-0.05, 0) is 39.3 Å². The Kier molecular flexibility index (Phi) is 4.69. The second kappa shape index (κ2) is 6.54. The van der Waals surface area contributed by atoms with Crippen LogP contribution in [-0.2, 0) is 9.47 Å². The summed E-state index contributed by atoms with van der Waals surface area (Å²) in [5.41, 5.74) is -0.450. The van der Waals surface area contributed by atoms with Crippen LogP contribution in [0.4, 0.5) is 9.18 Å². The van der Waals surface area contributed by atoms with Crippen molar-refractivity contribution < 1.29 is 23.5 Å². The van der Waals surface area contributed by atoms with Gasteiger partial charge >= 0.3 is 6.09 Å². The molecule has 0 aliphatic carbocycles. The number of nitrogens with zero attached hydrogens (tertiary/aromatic N) is 2. The fourth-order valence-electron chi connectivity index (χ4n) is 3.37. The SMILES string of the molecule is Cc1cccc(F)c1C(=O)N1CC2(CN(C(=O)OC(C)(C)C)CCO2)C1. The van der Waals surface area contributed by atoms with Gasteiger partial charge in [0, 0.05) is 6.54 Å². The molecule has 7 heteroatoms. The van der Waals surface area contributed by atoms with Gasteiger partial charge in [0.2, 0.25) is 0 Å². The molecule has 26 heavy (non-hydrogen) atoms. The molecule has 1 aromatic rings. The van der Waals surface area contributed by atoms with E-state index in [2.05, 4.69) is 0 Å². The van der Waals surface area contributed by atoms with Crippen LogP contribution >= 0.6 is 0 Å². The minimum Gasteiger partial charge on any atom is -0.444 e. The van der Waals surface area contributed by atoms with E-state index in [4.69, 9.17) is 9.47 Å². The van der Waals surface area contributed by atoms with Crippen molar-refractivity contribution in [2.45, 2.75) is 38.9 Å². The topological polar surface area (TPSA) is 59.1 Å². The summed E-state index contributed by atoms with van der Waals surface area (Å²) in [6.07, 6.45) is -0.380. The summed E-state index contributed by atoms with van der Waals surface area (Å²) in [6, 6.07) is 4.59. The number of hydrogen-bond acceptors (Lipinski definition) is 4. The van der Waals surface area contributed by atoms with E-state index in [1.165, 1.54) is 6.07 Å². The van der Waals surface area contributed by atoms with Gasteiger partial charge in [-0.25, -0.2) is 9.18 Å². The normalized spacial score (nSPS) is 19.3. The Labute approximate surface area is 152 Å². The Morgan fingerprint density at radius 3 is 2.46 bits per heavy atom. The summed E-state index contributed by atoms with van der Waals surface area (Å²) in [6.45, 7) is 9.05. The average molecular weight is 364 g/mol. The molecule has 2 heterocycles. The van der Waals surface area contributed by atoms with Crippen molar-refractivity contribution >= 4 is 12.0 Å². The van der Waals surface area contributed by atoms with Crippen LogP contribution < -0.4 is 0 Å². The van der Waals surface area contributed by atoms with Gasteiger partial charge in [-0.3, -0.25) is 4.79 Å². The third-order valence-corrected chi connectivity index (χ3v) is 4.58. The smallest absolute Gasteiger partial charge is 0.410 e. The number of likely N-dealkylation sites (tertiary alicyclic amines) is 1. The van der Waals surface area contributed by atoms with Crippen LogP contribution in [0.2, 0.25) is 0 Å². The van der Waals surface area contributed by atoms with Crippen molar-refractivity contribution in [1.82, 2.24) is 9.80 Å². The van der Waals surface area contributed by atoms with Gasteiger partial charge in [0.1, 0.15) is 17.0 Å². The van der Waals surface area contributed by atoms with E-state index < -0.39 is 17.0 Å². The van der Waals surface area contributed by atoms with Crippen LogP contribution in [0.25, 0.3) is 0 Å². The maximum Gasteiger partial charge on any atom is 0.410 e. The second-order valence-electron chi connectivity index (χ2n) is 8.03. The third-order valence-electron chi connectivity index (χ3n) is 4.58. The van der Waals surface area contributed by atoms with Gasteiger partial charge in [-0.2, -0.15) is 0 Å². The van der Waals surface area contributed by atoms with Crippen molar-refractivity contribution in [2.24, 2.45) is 0 Å². The number of carbonyl (C=O) groups is 2. The molecule has 0 bridgehead atoms. The zero-order chi connectivity index (χ0) is 19.1. The molecule has 0 aromatic heterocycles. The number of hydrogen-bond donors (Lipinski definition) is 0. The fraction of sp³-hybridized carbons (Fsp3) is 0.579. The Morgan fingerprint density at radius 2 is 1.85 bits per heavy atom. The molecule has 0 radical (unpaired) electrons. The Morgan fingerprint density at radius 1 is 1.19 bits per heavy atom. The largest absolute Gasteiger partial charge is 0.444 e. The summed E-state index contributed by atoms with van der Waals surface area (Å²) in [4.78, 5) is 28.1. The van der Waals surface area contributed by atoms with E-state index in [0.717, 1.165) is 0 Å². The molecule has 0 N–H and O–H groups in total. The molecular formula is C19H25FN2O4. The first-order valence-corrected chi connectivity index (χ1v) is 8.77. The molecule has 3 rings (SSSR count). The Balaban J connectivity index is 1.64. The van der Waals surface area contributed by atoms with E-state index in [1.807, 2.05) is 20.8 Å². The van der Waals surface area contributed by atoms with E-state index in [-0.39, 0.29) is 17.6 Å². The molecule has 142 valence electrons. The number of benzene rings is 1. The number of halogens is 1. The lowest BCUT2D eigenvalue weighted by molar-refractivity contribution is -0.168. The van der Waals surface area contributed by atoms with Crippen LogP contribution in [0.1, 0.15) is 36.7 Å². The third kappa shape index (κ3) is 3.67. The minimum absolute atomic E-state index is 0.0992. The molecule has 6 nitrogen and oxygen atoms in total. The Hall–Kier alpha value is -2.15. The second-order valence-corrected chi connectivity index (χ2v) is 8.03. The number of carbonyl (C=O) groups excluding carboxylic acids is 2. The average Bonchev–Trinajstić information content (AvgIpc) is 2.50. The summed E-state index contributed by atoms with van der Waals surface area (Å²) in [5, 5.41) is 0. The van der Waals surface area contributed by atoms with Crippen molar-refractivity contribution in [3.8, 4) is 0 Å². The highest BCUT2D eigenvalue weighted by Gasteiger charge is 2.50. The van der Waals surface area contributed by atoms with Crippen LogP contribution in [-0.4, -0.2) is 65.8 Å². The molecular weight excluding hydrogens is 339 g/mol. The van der Waals surface area contributed by atoms with Crippen molar-refractivity contribution in [2.75, 3.05) is 32.8 Å². The van der Waals surface area contributed by atoms with Crippen molar-refractivity contribution in [3.63, 3.8) is 0 Å². The van der Waals surface area contributed by atoms with Gasteiger partial charge in [0.05, 0.1) is 31.8 Å². The lowest BCUT2D eigenvalue weighted by Crippen LogP contribution is -2.71. The molecule has 0 saturated carbocycles. The van der Waals surface area contributed by atoms with Crippen LogP contribution in [0.3, 0.4) is 0 Å². The zero-order valence-corrected chi connectivity index (χ0v) is 15.7. The number of aryl methyl sites for hydroxylation is 1. The van der Waals surface area contributed by atoms with Gasteiger partial charge < -0.3 is 19.3 Å². The fourth-order valence-corrected chi connectivity index (χ4v) is 3.37. The van der Waals surface area contributed by atoms with E-state index in [0.29, 0.717) is 38.3 Å². The number of morpholine rings is 1. The monoisotopic (exact) mass is 364 g/mol. The summed E-state index contributed by atoms with van der Waals surface area (Å²) >= 11 is 0. The van der Waals surface area contributed by atoms with Crippen LogP contribution in [0.15, 0.2) is 18.2 Å². The summed E-state index contributed by atoms with van der Waals surface area (Å²) < 4.78 is 25.3. The van der Waals surface area contributed by atoms with Crippen molar-refractivity contribution in [3.05, 3.63) is 35.1 Å². The number of amides is 2. The summed E-state index contributed by atoms with van der Waals surface area (Å²) in [7, 11) is 0. The van der Waals surface area contributed by atoms with E-state index in [1.54, 1.807) is 28.9 Å². The number of rotatable bonds is 1. The van der Waals surface area contributed by atoms with E-state index in [9.17, 15) is 14.0 Å². The first-order valence-electron chi connectivity index (χ1n) is 8.77.